The highest BCUT2D eigenvalue weighted by Crippen LogP contribution is 2.33. The maximum Gasteiger partial charge on any atom is 0.220 e. The molecule has 3 saturated heterocycles. The zero-order chi connectivity index (χ0) is 64.0. The molecule has 0 aliphatic carbocycles. The Hall–Kier alpha value is -2.25. The van der Waals surface area contributed by atoms with Crippen molar-refractivity contribution >= 4 is 5.91 Å². The van der Waals surface area contributed by atoms with E-state index in [9.17, 15) is 61.0 Å². The van der Waals surface area contributed by atoms with Crippen LogP contribution < -0.4 is 5.32 Å². The quantitative estimate of drug-likeness (QED) is 0.0200. The maximum atomic E-state index is 13.4. The fraction of sp³-hybridized carbons (Fsp3) is 0.870. The molecule has 1 amide bonds. The summed E-state index contributed by atoms with van der Waals surface area (Å²) in [5.41, 5.74) is 0. The van der Waals surface area contributed by atoms with Crippen molar-refractivity contribution in [1.29, 1.82) is 0 Å². The van der Waals surface area contributed by atoms with Crippen LogP contribution in [-0.4, -0.2) is 193 Å². The summed E-state index contributed by atoms with van der Waals surface area (Å²) in [6, 6.07) is -0.972. The molecule has 0 saturated carbocycles. The Labute approximate surface area is 529 Å². The molecule has 3 aliphatic heterocycles. The summed E-state index contributed by atoms with van der Waals surface area (Å²) in [5, 5.41) is 120. The molecule has 17 atom stereocenters. The number of nitrogens with one attached hydrogen (secondary N) is 1. The van der Waals surface area contributed by atoms with Crippen molar-refractivity contribution in [3.05, 3.63) is 48.6 Å². The fourth-order valence-corrected chi connectivity index (χ4v) is 11.7. The van der Waals surface area contributed by atoms with Gasteiger partial charge in [0.2, 0.25) is 5.91 Å². The van der Waals surface area contributed by atoms with E-state index in [2.05, 4.69) is 55.6 Å². The zero-order valence-corrected chi connectivity index (χ0v) is 54.2. The minimum atomic E-state index is -1.98. The summed E-state index contributed by atoms with van der Waals surface area (Å²) in [7, 11) is 0. The Morgan fingerprint density at radius 2 is 0.750 bits per heavy atom. The van der Waals surface area contributed by atoms with Gasteiger partial charge in [0, 0.05) is 6.42 Å². The molecule has 0 spiro atoms. The van der Waals surface area contributed by atoms with E-state index in [4.69, 9.17) is 28.4 Å². The highest BCUT2D eigenvalue weighted by atomic mass is 16.8. The van der Waals surface area contributed by atoms with Gasteiger partial charge in [-0.05, 0) is 57.8 Å². The van der Waals surface area contributed by atoms with E-state index in [0.717, 1.165) is 57.8 Å². The second kappa shape index (κ2) is 51.2. The van der Waals surface area contributed by atoms with Crippen molar-refractivity contribution < 1.29 is 89.4 Å². The molecule has 19 nitrogen and oxygen atoms in total. The van der Waals surface area contributed by atoms with Crippen LogP contribution >= 0.6 is 0 Å². The summed E-state index contributed by atoms with van der Waals surface area (Å²) in [6.07, 6.45) is 33.9. The highest BCUT2D eigenvalue weighted by Gasteiger charge is 2.53. The molecule has 0 aromatic rings. The lowest BCUT2D eigenvalue weighted by atomic mass is 9.96. The molecule has 3 aliphatic rings. The first kappa shape index (κ1) is 80.0. The third-order valence-electron chi connectivity index (χ3n) is 17.4. The van der Waals surface area contributed by atoms with Crippen LogP contribution in [0.25, 0.3) is 0 Å². The average molecular weight is 1260 g/mol. The monoisotopic (exact) mass is 1260 g/mol. The van der Waals surface area contributed by atoms with Gasteiger partial charge in [0.25, 0.3) is 0 Å². The molecular formula is C69H125NO18. The SMILES string of the molecule is CCCCCCC/C=C\C/C=C\C/C=C\CCCCCCCCCCCCCCCCCCC(=O)NC(COC1OC(CO)C(OC2OC(CO)C(OC3OC(CO)C(O)C(O)C3O)C(O)C2O)C(O)C1O)C(O)/C=C/CCCCCCCCCCCC. The third kappa shape index (κ3) is 33.0. The molecule has 0 aromatic heterocycles. The summed E-state index contributed by atoms with van der Waals surface area (Å²) >= 11 is 0. The molecule has 19 heteroatoms. The Bertz CT molecular complexity index is 1790. The second-order valence-electron chi connectivity index (χ2n) is 25.0. The van der Waals surface area contributed by atoms with Crippen LogP contribution in [0.15, 0.2) is 48.6 Å². The molecule has 88 heavy (non-hydrogen) atoms. The Morgan fingerprint density at radius 3 is 1.17 bits per heavy atom. The van der Waals surface area contributed by atoms with Crippen molar-refractivity contribution in [1.82, 2.24) is 5.32 Å². The van der Waals surface area contributed by atoms with E-state index >= 15 is 0 Å². The minimum Gasteiger partial charge on any atom is -0.394 e. The van der Waals surface area contributed by atoms with Crippen LogP contribution in [0.3, 0.4) is 0 Å². The maximum absolute atomic E-state index is 13.4. The number of allylic oxidation sites excluding steroid dienone is 7. The second-order valence-corrected chi connectivity index (χ2v) is 25.0. The first-order chi connectivity index (χ1) is 42.8. The molecule has 3 rings (SSSR count). The van der Waals surface area contributed by atoms with E-state index in [0.29, 0.717) is 6.42 Å². The predicted molar refractivity (Wildman–Crippen MR) is 342 cm³/mol. The van der Waals surface area contributed by atoms with Crippen LogP contribution in [0.5, 0.6) is 0 Å². The molecular weight excluding hydrogens is 1130 g/mol. The summed E-state index contributed by atoms with van der Waals surface area (Å²) in [5.74, 6) is -0.276. The molecule has 0 aromatic carbocycles. The highest BCUT2D eigenvalue weighted by molar-refractivity contribution is 5.76. The average Bonchev–Trinajstić information content (AvgIpc) is 1.54. The number of hydrogen-bond donors (Lipinski definition) is 12. The smallest absolute Gasteiger partial charge is 0.220 e. The molecule has 0 bridgehead atoms. The number of unbranched alkanes of at least 4 members (excludes halogenated alkanes) is 31. The van der Waals surface area contributed by atoms with Gasteiger partial charge >= 0.3 is 0 Å². The molecule has 3 fully saturated rings. The van der Waals surface area contributed by atoms with Gasteiger partial charge in [0.05, 0.1) is 38.6 Å². The van der Waals surface area contributed by atoms with E-state index in [1.807, 2.05) is 6.08 Å². The zero-order valence-electron chi connectivity index (χ0n) is 54.2. The molecule has 17 unspecified atom stereocenters. The molecule has 0 radical (unpaired) electrons. The third-order valence-corrected chi connectivity index (χ3v) is 17.4. The van der Waals surface area contributed by atoms with Crippen LogP contribution in [0.1, 0.15) is 251 Å². The van der Waals surface area contributed by atoms with E-state index in [1.165, 1.54) is 167 Å². The number of rotatable bonds is 53. The van der Waals surface area contributed by atoms with E-state index < -0.39 is 124 Å². The fourth-order valence-electron chi connectivity index (χ4n) is 11.7. The summed E-state index contributed by atoms with van der Waals surface area (Å²) in [6.45, 7) is 1.71. The Morgan fingerprint density at radius 1 is 0.409 bits per heavy atom. The van der Waals surface area contributed by atoms with Crippen LogP contribution in [0.4, 0.5) is 0 Å². The van der Waals surface area contributed by atoms with Gasteiger partial charge in [0.1, 0.15) is 73.2 Å². The van der Waals surface area contributed by atoms with Gasteiger partial charge in [-0.25, -0.2) is 0 Å². The summed E-state index contributed by atoms with van der Waals surface area (Å²) < 4.78 is 34.3. The first-order valence-corrected chi connectivity index (χ1v) is 34.9. The molecule has 12 N–H and O–H groups in total. The minimum absolute atomic E-state index is 0.243. The van der Waals surface area contributed by atoms with Crippen molar-refractivity contribution in [2.45, 2.75) is 356 Å². The standard InChI is InChI=1S/C69H125NO18/c1-3-5-7-9-11-13-15-17-18-19-20-21-22-23-24-25-26-27-28-29-30-31-32-33-34-35-37-39-41-43-45-47-57(75)70-52(53(74)46-44-42-40-38-36-16-14-12-10-8-6-4-2)51-83-67-63(81)60(78)65(55(49-72)85-67)88-69-64(82)61(79)66(56(50-73)86-69)87-68-62(80)59(77)58(76)54(48-71)84-68/h15,17,19-20,22-23,44,46,52-56,58-69,71-74,76-82H,3-14,16,18,21,24-43,45,47-51H2,1-2H3,(H,70,75)/b17-15-,20-19-,23-22-,46-44+. The topological polar surface area (TPSA) is 307 Å². The first-order valence-electron chi connectivity index (χ1n) is 34.9. The molecule has 3 heterocycles. The van der Waals surface area contributed by atoms with Gasteiger partial charge in [0.15, 0.2) is 18.9 Å². The largest absolute Gasteiger partial charge is 0.394 e. The number of carbonyl (C=O) groups is 1. The molecule has 514 valence electrons. The van der Waals surface area contributed by atoms with Crippen LogP contribution in [0, 0.1) is 0 Å². The van der Waals surface area contributed by atoms with Gasteiger partial charge in [-0.2, -0.15) is 0 Å². The number of aliphatic hydroxyl groups is 11. The van der Waals surface area contributed by atoms with Gasteiger partial charge in [-0.3, -0.25) is 4.79 Å². The number of aliphatic hydroxyl groups excluding tert-OH is 11. The van der Waals surface area contributed by atoms with Crippen molar-refractivity contribution in [3.63, 3.8) is 0 Å². The Kier molecular flexibility index (Phi) is 46.5. The van der Waals surface area contributed by atoms with Crippen molar-refractivity contribution in [3.8, 4) is 0 Å². The number of hydrogen-bond acceptors (Lipinski definition) is 18. The lowest BCUT2D eigenvalue weighted by Gasteiger charge is -2.48. The Balaban J connectivity index is 1.37. The van der Waals surface area contributed by atoms with E-state index in [1.54, 1.807) is 6.08 Å². The predicted octanol–water partition coefficient (Wildman–Crippen LogP) is 9.00. The van der Waals surface area contributed by atoms with Gasteiger partial charge in [-0.1, -0.05) is 236 Å². The van der Waals surface area contributed by atoms with Crippen molar-refractivity contribution in [2.75, 3.05) is 26.4 Å². The van der Waals surface area contributed by atoms with Crippen molar-refractivity contribution in [2.24, 2.45) is 0 Å². The summed E-state index contributed by atoms with van der Waals surface area (Å²) in [4.78, 5) is 13.4. The van der Waals surface area contributed by atoms with Gasteiger partial charge < -0.3 is 89.9 Å². The number of ether oxygens (including phenoxy) is 6. The number of amides is 1. The van der Waals surface area contributed by atoms with Crippen LogP contribution in [0.2, 0.25) is 0 Å². The lowest BCUT2D eigenvalue weighted by Crippen LogP contribution is -2.66. The normalized spacial score (nSPS) is 28.7. The lowest BCUT2D eigenvalue weighted by molar-refractivity contribution is -0.379. The number of carbonyl (C=O) groups excluding carboxylic acids is 1. The van der Waals surface area contributed by atoms with Crippen LogP contribution in [-0.2, 0) is 33.2 Å². The van der Waals surface area contributed by atoms with E-state index in [-0.39, 0.29) is 18.9 Å². The van der Waals surface area contributed by atoms with Gasteiger partial charge in [-0.15, -0.1) is 0 Å².